The third-order valence-corrected chi connectivity index (χ3v) is 3.68. The van der Waals surface area contributed by atoms with Crippen molar-refractivity contribution in [3.05, 3.63) is 38.8 Å². The summed E-state index contributed by atoms with van der Waals surface area (Å²) in [5, 5.41) is 11.5. The summed E-state index contributed by atoms with van der Waals surface area (Å²) in [5.74, 6) is -1.03. The Labute approximate surface area is 109 Å². The molecule has 0 atom stereocenters. The predicted octanol–water partition coefficient (Wildman–Crippen LogP) is 3.92. The van der Waals surface area contributed by atoms with Crippen LogP contribution < -0.4 is 0 Å². The van der Waals surface area contributed by atoms with Gasteiger partial charge in [-0.25, -0.2) is 9.78 Å². The Morgan fingerprint density at radius 1 is 1.50 bits per heavy atom. The Balaban J connectivity index is 2.50. The predicted molar refractivity (Wildman–Crippen MR) is 67.2 cm³/mol. The fraction of sp³-hybridized carbons (Fsp3) is 0. The number of aromatic carboxylic acids is 1. The summed E-state index contributed by atoms with van der Waals surface area (Å²) in [4.78, 5) is 14.7. The van der Waals surface area contributed by atoms with Crippen LogP contribution in [0.3, 0.4) is 0 Å². The molecule has 0 unspecified atom stereocenters. The first kappa shape index (κ1) is 11.6. The number of rotatable bonds is 2. The molecular formula is C10H5BrClNO2S. The van der Waals surface area contributed by atoms with Crippen LogP contribution in [0.15, 0.2) is 28.1 Å². The van der Waals surface area contributed by atoms with Crippen molar-refractivity contribution < 1.29 is 9.90 Å². The first-order valence-electron chi connectivity index (χ1n) is 4.22. The van der Waals surface area contributed by atoms with Crippen LogP contribution in [0.5, 0.6) is 0 Å². The zero-order valence-electron chi connectivity index (χ0n) is 7.78. The van der Waals surface area contributed by atoms with Gasteiger partial charge in [0.15, 0.2) is 5.69 Å². The quantitative estimate of drug-likeness (QED) is 0.913. The number of hydrogen-bond acceptors (Lipinski definition) is 3. The van der Waals surface area contributed by atoms with Gasteiger partial charge in [-0.15, -0.1) is 11.3 Å². The van der Waals surface area contributed by atoms with Gasteiger partial charge in [-0.3, -0.25) is 0 Å². The first-order chi connectivity index (χ1) is 7.58. The Bertz CT molecular complexity index is 556. The van der Waals surface area contributed by atoms with Crippen LogP contribution >= 0.6 is 38.9 Å². The van der Waals surface area contributed by atoms with Gasteiger partial charge in [0.1, 0.15) is 5.01 Å². The van der Waals surface area contributed by atoms with Crippen LogP contribution in [0.4, 0.5) is 0 Å². The largest absolute Gasteiger partial charge is 0.476 e. The summed E-state index contributed by atoms with van der Waals surface area (Å²) < 4.78 is 0.836. The average molecular weight is 319 g/mol. The van der Waals surface area contributed by atoms with Crippen molar-refractivity contribution in [2.24, 2.45) is 0 Å². The molecule has 0 aliphatic rings. The van der Waals surface area contributed by atoms with Gasteiger partial charge in [0, 0.05) is 20.4 Å². The lowest BCUT2D eigenvalue weighted by Crippen LogP contribution is -1.95. The molecule has 3 nitrogen and oxygen atoms in total. The third kappa shape index (κ3) is 2.26. The molecule has 0 radical (unpaired) electrons. The molecule has 0 aliphatic heterocycles. The first-order valence-corrected chi connectivity index (χ1v) is 6.27. The van der Waals surface area contributed by atoms with Crippen LogP contribution in [0, 0.1) is 0 Å². The van der Waals surface area contributed by atoms with Gasteiger partial charge in [-0.1, -0.05) is 27.5 Å². The van der Waals surface area contributed by atoms with Crippen LogP contribution in [0.25, 0.3) is 10.6 Å². The van der Waals surface area contributed by atoms with Gasteiger partial charge < -0.3 is 5.11 Å². The lowest BCUT2D eigenvalue weighted by Gasteiger charge is -2.00. The highest BCUT2D eigenvalue weighted by Crippen LogP contribution is 2.32. The van der Waals surface area contributed by atoms with E-state index in [4.69, 9.17) is 16.7 Å². The zero-order valence-corrected chi connectivity index (χ0v) is 10.9. The van der Waals surface area contributed by atoms with E-state index in [0.29, 0.717) is 10.0 Å². The summed E-state index contributed by atoms with van der Waals surface area (Å²) >= 11 is 10.5. The second kappa shape index (κ2) is 4.53. The molecular weight excluding hydrogens is 314 g/mol. The Hall–Kier alpha value is -0.910. The molecule has 0 saturated heterocycles. The minimum absolute atomic E-state index is 0.0480. The molecule has 1 heterocycles. The minimum atomic E-state index is -1.03. The molecule has 16 heavy (non-hydrogen) atoms. The van der Waals surface area contributed by atoms with E-state index in [1.807, 2.05) is 0 Å². The molecule has 1 N–H and O–H groups in total. The number of nitrogens with zero attached hydrogens (tertiary/aromatic N) is 1. The summed E-state index contributed by atoms with van der Waals surface area (Å²) in [7, 11) is 0. The fourth-order valence-corrected chi connectivity index (χ4v) is 2.72. The molecule has 0 saturated carbocycles. The Kier molecular flexibility index (Phi) is 3.28. The molecule has 0 fully saturated rings. The molecule has 2 aromatic rings. The number of benzene rings is 1. The molecule has 2 rings (SSSR count). The van der Waals surface area contributed by atoms with Crippen molar-refractivity contribution in [2.45, 2.75) is 0 Å². The Morgan fingerprint density at radius 2 is 2.25 bits per heavy atom. The van der Waals surface area contributed by atoms with Gasteiger partial charge >= 0.3 is 5.97 Å². The van der Waals surface area contributed by atoms with Gasteiger partial charge in [0.05, 0.1) is 0 Å². The van der Waals surface area contributed by atoms with Gasteiger partial charge in [0.2, 0.25) is 0 Å². The van der Waals surface area contributed by atoms with Crippen LogP contribution in [0.1, 0.15) is 10.5 Å². The van der Waals surface area contributed by atoms with Crippen LogP contribution in [-0.4, -0.2) is 16.1 Å². The third-order valence-electron chi connectivity index (χ3n) is 1.88. The average Bonchev–Trinajstić information content (AvgIpc) is 2.70. The second-order valence-electron chi connectivity index (χ2n) is 2.97. The minimum Gasteiger partial charge on any atom is -0.476 e. The lowest BCUT2D eigenvalue weighted by molar-refractivity contribution is 0.0691. The van der Waals surface area contributed by atoms with Gasteiger partial charge in [-0.2, -0.15) is 0 Å². The molecule has 0 aliphatic carbocycles. The monoisotopic (exact) mass is 317 g/mol. The number of halogens is 2. The lowest BCUT2D eigenvalue weighted by atomic mass is 10.2. The number of thiazole rings is 1. The van der Waals surface area contributed by atoms with E-state index in [-0.39, 0.29) is 5.69 Å². The standard InChI is InChI=1S/C10H5BrClNO2S/c11-7-2-1-5(12)3-6(7)9-13-8(4-16-9)10(14)15/h1-4H,(H,14,15). The van der Waals surface area contributed by atoms with Crippen molar-refractivity contribution in [2.75, 3.05) is 0 Å². The highest BCUT2D eigenvalue weighted by Gasteiger charge is 2.12. The Morgan fingerprint density at radius 3 is 2.88 bits per heavy atom. The highest BCUT2D eigenvalue weighted by atomic mass is 79.9. The van der Waals surface area contributed by atoms with Crippen molar-refractivity contribution in [1.82, 2.24) is 4.98 Å². The summed E-state index contributed by atoms with van der Waals surface area (Å²) in [5.41, 5.74) is 0.844. The van der Waals surface area contributed by atoms with E-state index in [1.54, 1.807) is 18.2 Å². The van der Waals surface area contributed by atoms with Crippen molar-refractivity contribution in [1.29, 1.82) is 0 Å². The van der Waals surface area contributed by atoms with Gasteiger partial charge in [-0.05, 0) is 18.2 Å². The smallest absolute Gasteiger partial charge is 0.355 e. The maximum absolute atomic E-state index is 10.7. The number of hydrogen-bond donors (Lipinski definition) is 1. The molecule has 0 spiro atoms. The van der Waals surface area contributed by atoms with Gasteiger partial charge in [0.25, 0.3) is 0 Å². The summed E-state index contributed by atoms with van der Waals surface area (Å²) in [6.07, 6.45) is 0. The topological polar surface area (TPSA) is 50.2 Å². The van der Waals surface area contributed by atoms with E-state index in [9.17, 15) is 4.79 Å². The van der Waals surface area contributed by atoms with E-state index >= 15 is 0 Å². The number of aromatic nitrogens is 1. The number of carboxylic acids is 1. The van der Waals surface area contributed by atoms with Crippen molar-refractivity contribution in [3.8, 4) is 10.6 Å². The van der Waals surface area contributed by atoms with Crippen molar-refractivity contribution >= 4 is 44.8 Å². The molecule has 1 aromatic heterocycles. The maximum Gasteiger partial charge on any atom is 0.355 e. The number of carbonyl (C=O) groups is 1. The van der Waals surface area contributed by atoms with Crippen molar-refractivity contribution in [3.63, 3.8) is 0 Å². The normalized spacial score (nSPS) is 10.4. The van der Waals surface area contributed by atoms with E-state index < -0.39 is 5.97 Å². The molecule has 0 amide bonds. The van der Waals surface area contributed by atoms with Crippen LogP contribution in [0.2, 0.25) is 5.02 Å². The van der Waals surface area contributed by atoms with E-state index in [0.717, 1.165) is 10.0 Å². The molecule has 82 valence electrons. The van der Waals surface area contributed by atoms with Crippen LogP contribution in [-0.2, 0) is 0 Å². The highest BCUT2D eigenvalue weighted by molar-refractivity contribution is 9.10. The summed E-state index contributed by atoms with van der Waals surface area (Å²) in [6.45, 7) is 0. The second-order valence-corrected chi connectivity index (χ2v) is 5.12. The van der Waals surface area contributed by atoms with E-state index in [1.165, 1.54) is 16.7 Å². The zero-order chi connectivity index (χ0) is 11.7. The SMILES string of the molecule is O=C(O)c1csc(-c2cc(Cl)ccc2Br)n1. The maximum atomic E-state index is 10.7. The molecule has 6 heteroatoms. The summed E-state index contributed by atoms with van der Waals surface area (Å²) in [6, 6.07) is 5.30. The fourth-order valence-electron chi connectivity index (χ4n) is 1.16. The molecule has 0 bridgehead atoms. The van der Waals surface area contributed by atoms with E-state index in [2.05, 4.69) is 20.9 Å². The number of carboxylic acid groups (broad SMARTS) is 1. The molecule has 1 aromatic carbocycles.